The molecule has 164 valence electrons. The maximum absolute atomic E-state index is 12.6. The lowest BCUT2D eigenvalue weighted by Gasteiger charge is -2.35. The molecule has 0 aromatic carbocycles. The lowest BCUT2D eigenvalue weighted by molar-refractivity contribution is 0.0128. The van der Waals surface area contributed by atoms with Gasteiger partial charge in [0.1, 0.15) is 12.3 Å². The molecule has 0 bridgehead atoms. The molecular weight excluding hydrogens is 390 g/mol. The average Bonchev–Trinajstić information content (AvgIpc) is 2.92. The first-order valence-electron chi connectivity index (χ1n) is 10.1. The number of rotatable bonds is 6. The van der Waals surface area contributed by atoms with E-state index in [-0.39, 0.29) is 25.0 Å². The highest BCUT2D eigenvalue weighted by atomic mass is 28.3. The third-order valence-corrected chi connectivity index (χ3v) is 6.44. The fourth-order valence-corrected chi connectivity index (χ4v) is 3.86. The summed E-state index contributed by atoms with van der Waals surface area (Å²) in [7, 11) is 0.147. The number of ether oxygens (including phenoxy) is 3. The van der Waals surface area contributed by atoms with Crippen LogP contribution in [0.2, 0.25) is 25.7 Å². The smallest absolute Gasteiger partial charge is 0.410 e. The van der Waals surface area contributed by atoms with Crippen LogP contribution >= 0.6 is 0 Å². The van der Waals surface area contributed by atoms with E-state index >= 15 is 0 Å². The van der Waals surface area contributed by atoms with E-state index < -0.39 is 25.7 Å². The van der Waals surface area contributed by atoms with Gasteiger partial charge in [-0.25, -0.2) is 14.3 Å². The van der Waals surface area contributed by atoms with Gasteiger partial charge in [-0.2, -0.15) is 5.10 Å². The van der Waals surface area contributed by atoms with Gasteiger partial charge in [-0.15, -0.1) is 0 Å². The number of carbonyl (C=O) groups excluding carboxylic acids is 2. The second-order valence-corrected chi connectivity index (χ2v) is 15.4. The van der Waals surface area contributed by atoms with E-state index in [9.17, 15) is 9.59 Å². The summed E-state index contributed by atoms with van der Waals surface area (Å²) >= 11 is 0. The SMILES string of the molecule is COC(=O)c1nn(COCC[Si](C)(C)C)c2c1CN(C(=O)OC(C)(C)C)C(C)C2. The normalized spacial score (nSPS) is 17.1. The van der Waals surface area contributed by atoms with E-state index in [0.717, 1.165) is 11.7 Å². The van der Waals surface area contributed by atoms with Crippen LogP contribution in [-0.2, 0) is 33.9 Å². The van der Waals surface area contributed by atoms with Crippen molar-refractivity contribution < 1.29 is 23.8 Å². The number of fused-ring (bicyclic) bond motifs is 1. The Hall–Kier alpha value is -1.87. The summed E-state index contributed by atoms with van der Waals surface area (Å²) in [4.78, 5) is 26.6. The monoisotopic (exact) mass is 425 g/mol. The van der Waals surface area contributed by atoms with E-state index in [1.807, 2.05) is 27.7 Å². The van der Waals surface area contributed by atoms with Crippen LogP contribution in [0.5, 0.6) is 0 Å². The van der Waals surface area contributed by atoms with E-state index in [1.165, 1.54) is 7.11 Å². The van der Waals surface area contributed by atoms with Gasteiger partial charge in [0.05, 0.1) is 13.7 Å². The van der Waals surface area contributed by atoms with Crippen LogP contribution in [0.3, 0.4) is 0 Å². The van der Waals surface area contributed by atoms with Crippen LogP contribution in [0, 0.1) is 0 Å². The van der Waals surface area contributed by atoms with Crippen molar-refractivity contribution in [2.24, 2.45) is 0 Å². The summed E-state index contributed by atoms with van der Waals surface area (Å²) in [6.07, 6.45) is 0.168. The van der Waals surface area contributed by atoms with E-state index in [4.69, 9.17) is 14.2 Å². The topological polar surface area (TPSA) is 82.9 Å². The molecule has 1 atom stereocenters. The molecule has 29 heavy (non-hydrogen) atoms. The number of nitrogens with zero attached hydrogens (tertiary/aromatic N) is 3. The Kier molecular flexibility index (Phi) is 7.16. The van der Waals surface area contributed by atoms with Crippen molar-refractivity contribution in [1.82, 2.24) is 14.7 Å². The van der Waals surface area contributed by atoms with Gasteiger partial charge in [0, 0.05) is 38.4 Å². The molecule has 1 aromatic heterocycles. The molecule has 9 heteroatoms. The molecule has 1 aromatic rings. The van der Waals surface area contributed by atoms with Crippen molar-refractivity contribution in [3.05, 3.63) is 17.0 Å². The second-order valence-electron chi connectivity index (χ2n) is 9.77. The molecule has 0 saturated carbocycles. The molecule has 0 spiro atoms. The third kappa shape index (κ3) is 6.30. The molecule has 0 fully saturated rings. The molecule has 1 aliphatic rings. The molecule has 0 saturated heterocycles. The van der Waals surface area contributed by atoms with E-state index in [2.05, 4.69) is 24.7 Å². The van der Waals surface area contributed by atoms with Gasteiger partial charge in [0.15, 0.2) is 5.69 Å². The number of carbonyl (C=O) groups is 2. The zero-order valence-corrected chi connectivity index (χ0v) is 20.0. The van der Waals surface area contributed by atoms with Crippen LogP contribution in [0.1, 0.15) is 49.4 Å². The van der Waals surface area contributed by atoms with Crippen molar-refractivity contribution in [3.63, 3.8) is 0 Å². The van der Waals surface area contributed by atoms with Gasteiger partial charge in [-0.05, 0) is 33.7 Å². The predicted molar refractivity (Wildman–Crippen MR) is 113 cm³/mol. The van der Waals surface area contributed by atoms with Gasteiger partial charge in [-0.1, -0.05) is 19.6 Å². The first-order valence-corrected chi connectivity index (χ1v) is 13.8. The Morgan fingerprint density at radius 1 is 1.24 bits per heavy atom. The molecule has 0 aliphatic carbocycles. The number of amides is 1. The minimum absolute atomic E-state index is 0.0831. The minimum Gasteiger partial charge on any atom is -0.464 e. The maximum Gasteiger partial charge on any atom is 0.410 e. The minimum atomic E-state index is -1.18. The molecule has 1 amide bonds. The lowest BCUT2D eigenvalue weighted by atomic mass is 10.00. The quantitative estimate of drug-likeness (QED) is 0.393. The summed E-state index contributed by atoms with van der Waals surface area (Å²) in [5, 5.41) is 4.45. The first kappa shape index (κ1) is 23.4. The number of hydrogen-bond donors (Lipinski definition) is 0. The fraction of sp³-hybridized carbons (Fsp3) is 0.750. The van der Waals surface area contributed by atoms with Crippen LogP contribution in [0.4, 0.5) is 4.79 Å². The van der Waals surface area contributed by atoms with Crippen molar-refractivity contribution >= 4 is 20.1 Å². The van der Waals surface area contributed by atoms with Gasteiger partial charge >= 0.3 is 12.1 Å². The molecule has 0 radical (unpaired) electrons. The third-order valence-electron chi connectivity index (χ3n) is 4.73. The highest BCUT2D eigenvalue weighted by Crippen LogP contribution is 2.28. The van der Waals surface area contributed by atoms with Crippen LogP contribution in [0.15, 0.2) is 0 Å². The van der Waals surface area contributed by atoms with E-state index in [1.54, 1.807) is 9.58 Å². The molecule has 2 rings (SSSR count). The summed E-state index contributed by atoms with van der Waals surface area (Å²) < 4.78 is 18.0. The molecule has 0 N–H and O–H groups in total. The fourth-order valence-electron chi connectivity index (χ4n) is 3.11. The summed E-state index contributed by atoms with van der Waals surface area (Å²) in [5.74, 6) is -0.513. The standard InChI is InChI=1S/C20H35N3O5Si/c1-14-11-16-15(12-22(14)19(25)28-20(2,3)4)17(18(24)26-5)21-23(16)13-27-9-10-29(6,7)8/h14H,9-13H2,1-8H3. The molecular formula is C20H35N3O5Si. The Balaban J connectivity index is 2.23. The highest BCUT2D eigenvalue weighted by molar-refractivity contribution is 6.76. The Bertz CT molecular complexity index is 749. The Labute approximate surface area is 174 Å². The van der Waals surface area contributed by atoms with E-state index in [0.29, 0.717) is 18.6 Å². The molecule has 1 aliphatic heterocycles. The Morgan fingerprint density at radius 3 is 2.45 bits per heavy atom. The van der Waals surface area contributed by atoms with Crippen molar-refractivity contribution in [2.45, 2.75) is 84.7 Å². The van der Waals surface area contributed by atoms with Crippen LogP contribution < -0.4 is 0 Å². The van der Waals surface area contributed by atoms with Gasteiger partial charge in [-0.3, -0.25) is 0 Å². The van der Waals surface area contributed by atoms with Gasteiger partial charge in [0.2, 0.25) is 0 Å². The first-order chi connectivity index (χ1) is 13.3. The molecule has 1 unspecified atom stereocenters. The molecule has 8 nitrogen and oxygen atoms in total. The zero-order chi connectivity index (χ0) is 22.0. The Morgan fingerprint density at radius 2 is 1.90 bits per heavy atom. The zero-order valence-electron chi connectivity index (χ0n) is 19.0. The lowest BCUT2D eigenvalue weighted by Crippen LogP contribution is -2.45. The number of hydrogen-bond acceptors (Lipinski definition) is 6. The van der Waals surface area contributed by atoms with Crippen molar-refractivity contribution in [2.75, 3.05) is 13.7 Å². The predicted octanol–water partition coefficient (Wildman–Crippen LogP) is 3.66. The number of aromatic nitrogens is 2. The number of esters is 1. The number of methoxy groups -OCH3 is 1. The van der Waals surface area contributed by atoms with Crippen molar-refractivity contribution in [3.8, 4) is 0 Å². The largest absolute Gasteiger partial charge is 0.464 e. The second kappa shape index (κ2) is 8.87. The van der Waals surface area contributed by atoms with Gasteiger partial charge < -0.3 is 19.1 Å². The van der Waals surface area contributed by atoms with Gasteiger partial charge in [0.25, 0.3) is 0 Å². The van der Waals surface area contributed by atoms with Crippen LogP contribution in [-0.4, -0.2) is 60.2 Å². The van der Waals surface area contributed by atoms with Crippen LogP contribution in [0.25, 0.3) is 0 Å². The summed E-state index contributed by atoms with van der Waals surface area (Å²) in [6, 6.07) is 0.976. The molecule has 2 heterocycles. The maximum atomic E-state index is 12.6. The average molecular weight is 426 g/mol. The summed E-state index contributed by atoms with van der Waals surface area (Å²) in [5.41, 5.74) is 1.26. The highest BCUT2D eigenvalue weighted by Gasteiger charge is 2.36. The van der Waals surface area contributed by atoms with Crippen molar-refractivity contribution in [1.29, 1.82) is 0 Å². The summed E-state index contributed by atoms with van der Waals surface area (Å²) in [6.45, 7) is 15.6.